The van der Waals surface area contributed by atoms with Gasteiger partial charge in [0.2, 0.25) is 0 Å². The Morgan fingerprint density at radius 1 is 0.500 bits per heavy atom. The van der Waals surface area contributed by atoms with Gasteiger partial charge >= 0.3 is 21.1 Å². The first kappa shape index (κ1) is 47.6. The molecule has 0 aliphatic rings. The number of rotatable bonds is 0. The third kappa shape index (κ3) is 9.59. The molecule has 0 fully saturated rings. The Morgan fingerprint density at radius 2 is 0.500 bits per heavy atom. The largest absolute Gasteiger partial charge is 2.00 e. The molecule has 0 saturated heterocycles. The van der Waals surface area contributed by atoms with Gasteiger partial charge in [0.1, 0.15) is 0 Å². The van der Waals surface area contributed by atoms with E-state index in [1.807, 2.05) is 0 Å². The fourth-order valence-electron chi connectivity index (χ4n) is 0. The first-order valence-electron chi connectivity index (χ1n) is 0. The van der Waals surface area contributed by atoms with Crippen molar-refractivity contribution in [3.05, 3.63) is 0 Å². The maximum Gasteiger partial charge on any atom is 2.00 e. The smallest absolute Gasteiger partial charge is 1.00 e. The molecule has 0 amide bonds. The molecule has 0 saturated carbocycles. The Kier molecular flexibility index (Phi) is 283. The van der Waals surface area contributed by atoms with Crippen molar-refractivity contribution in [2.75, 3.05) is 0 Å². The van der Waals surface area contributed by atoms with E-state index in [0.29, 0.717) is 0 Å². The van der Waals surface area contributed by atoms with Gasteiger partial charge in [-0.1, -0.05) is 0 Å². The molecule has 0 bridgehead atoms. The molecule has 0 aliphatic carbocycles. The van der Waals surface area contributed by atoms with E-state index in [2.05, 4.69) is 0 Å². The van der Waals surface area contributed by atoms with Crippen molar-refractivity contribution in [2.24, 2.45) is 0 Å². The van der Waals surface area contributed by atoms with Crippen LogP contribution in [0, 0.1) is 0 Å². The van der Waals surface area contributed by atoms with E-state index in [1.54, 1.807) is 0 Å². The van der Waals surface area contributed by atoms with Gasteiger partial charge in [-0.05, 0) is 0 Å². The first-order valence-corrected chi connectivity index (χ1v) is 0. The maximum atomic E-state index is 0. The summed E-state index contributed by atoms with van der Waals surface area (Å²) in [5.41, 5.74) is 0. The Morgan fingerprint density at radius 3 is 0.500 bits per heavy atom. The average molecular weight is 202 g/mol. The normalized spacial score (nSPS) is 0. The van der Waals surface area contributed by atoms with E-state index in [1.165, 1.54) is 0 Å². The molecule has 0 aliphatic heterocycles. The van der Waals surface area contributed by atoms with Crippen LogP contribution in [0.3, 0.4) is 0 Å². The Hall–Kier alpha value is 1.56. The van der Waals surface area contributed by atoms with Gasteiger partial charge in [-0.25, -0.2) is 0 Å². The second-order valence-corrected chi connectivity index (χ2v) is 0. The standard InChI is InChI=1S/3ClH.Mo/h3*1H;/q;;;+2/p-3. The summed E-state index contributed by atoms with van der Waals surface area (Å²) in [7, 11) is 0. The van der Waals surface area contributed by atoms with E-state index in [0.717, 1.165) is 0 Å². The third-order valence-electron chi connectivity index (χ3n) is 0. The quantitative estimate of drug-likeness (QED) is 0.342. The summed E-state index contributed by atoms with van der Waals surface area (Å²) in [5, 5.41) is 0. The van der Waals surface area contributed by atoms with Gasteiger partial charge in [0.15, 0.2) is 0 Å². The van der Waals surface area contributed by atoms with E-state index in [-0.39, 0.29) is 58.3 Å². The topological polar surface area (TPSA) is 0 Å². The second-order valence-electron chi connectivity index (χ2n) is 0. The summed E-state index contributed by atoms with van der Waals surface area (Å²) in [6.07, 6.45) is 0. The summed E-state index contributed by atoms with van der Waals surface area (Å²) in [4.78, 5) is 0. The molecule has 28 valence electrons. The Labute approximate surface area is 58.2 Å². The van der Waals surface area contributed by atoms with Gasteiger partial charge < -0.3 is 37.2 Å². The van der Waals surface area contributed by atoms with Crippen molar-refractivity contribution >= 4 is 0 Å². The number of hydrogen-bond acceptors (Lipinski definition) is 0. The van der Waals surface area contributed by atoms with Crippen molar-refractivity contribution in [3.8, 4) is 0 Å². The molecule has 0 aromatic rings. The van der Waals surface area contributed by atoms with Crippen molar-refractivity contribution < 1.29 is 58.3 Å². The molecule has 0 heterocycles. The summed E-state index contributed by atoms with van der Waals surface area (Å²) in [6.45, 7) is 0. The second kappa shape index (κ2) is 23.8. The zero-order valence-electron chi connectivity index (χ0n) is 1.54. The molecular weight excluding hydrogens is 202 g/mol. The van der Waals surface area contributed by atoms with E-state index < -0.39 is 0 Å². The van der Waals surface area contributed by atoms with Crippen LogP contribution in [0.1, 0.15) is 0 Å². The van der Waals surface area contributed by atoms with Crippen molar-refractivity contribution in [2.45, 2.75) is 0 Å². The Balaban J connectivity index is 0. The van der Waals surface area contributed by atoms with Crippen molar-refractivity contribution in [3.63, 3.8) is 0 Å². The minimum atomic E-state index is 0. The van der Waals surface area contributed by atoms with Gasteiger partial charge in [-0.15, -0.1) is 0 Å². The minimum Gasteiger partial charge on any atom is -1.00 e. The average Bonchev–Trinajstić information content (AvgIpc) is 0. The molecule has 0 N–H and O–H groups in total. The fraction of sp³-hybridized carbons (Fsp3) is 0. The molecular formula is Cl3Mo-. The summed E-state index contributed by atoms with van der Waals surface area (Å²) < 4.78 is 0. The van der Waals surface area contributed by atoms with Gasteiger partial charge in [-0.3, -0.25) is 0 Å². The monoisotopic (exact) mass is 203 g/mol. The number of hydrogen-bond donors (Lipinski definition) is 0. The Bertz CT molecular complexity index is 3.25. The van der Waals surface area contributed by atoms with Gasteiger partial charge in [0, 0.05) is 0 Å². The van der Waals surface area contributed by atoms with E-state index in [9.17, 15) is 0 Å². The van der Waals surface area contributed by atoms with Gasteiger partial charge in [0.25, 0.3) is 0 Å². The van der Waals surface area contributed by atoms with Crippen LogP contribution in [0.25, 0.3) is 0 Å². The predicted molar refractivity (Wildman–Crippen MR) is 0 cm³/mol. The van der Waals surface area contributed by atoms with Crippen LogP contribution in [-0.2, 0) is 21.1 Å². The van der Waals surface area contributed by atoms with Crippen LogP contribution in [0.4, 0.5) is 0 Å². The van der Waals surface area contributed by atoms with Crippen molar-refractivity contribution in [1.82, 2.24) is 0 Å². The molecule has 0 spiro atoms. The summed E-state index contributed by atoms with van der Waals surface area (Å²) >= 11 is 0. The van der Waals surface area contributed by atoms with Gasteiger partial charge in [0.05, 0.1) is 0 Å². The SMILES string of the molecule is [Cl-].[Cl-].[Cl-].[Mo+2]. The molecule has 0 atom stereocenters. The molecule has 4 heteroatoms. The molecule has 0 rings (SSSR count). The van der Waals surface area contributed by atoms with Crippen LogP contribution in [0.5, 0.6) is 0 Å². The molecule has 0 radical (unpaired) electrons. The van der Waals surface area contributed by atoms with Gasteiger partial charge in [-0.2, -0.15) is 0 Å². The fourth-order valence-corrected chi connectivity index (χ4v) is 0. The van der Waals surface area contributed by atoms with E-state index >= 15 is 0 Å². The molecule has 0 unspecified atom stereocenters. The molecule has 4 heavy (non-hydrogen) atoms. The molecule has 0 aromatic carbocycles. The van der Waals surface area contributed by atoms with Crippen LogP contribution in [0.15, 0.2) is 0 Å². The van der Waals surface area contributed by atoms with Crippen LogP contribution in [-0.4, -0.2) is 0 Å². The molecule has 0 aromatic heterocycles. The molecule has 0 nitrogen and oxygen atoms in total. The predicted octanol–water partition coefficient (Wildman–Crippen LogP) is -8.99. The number of halogens is 3. The third-order valence-corrected chi connectivity index (χ3v) is 0. The van der Waals surface area contributed by atoms with Crippen molar-refractivity contribution in [1.29, 1.82) is 0 Å². The minimum absolute atomic E-state index is 0. The zero-order chi connectivity index (χ0) is 0. The van der Waals surface area contributed by atoms with Crippen LogP contribution in [0.2, 0.25) is 0 Å². The van der Waals surface area contributed by atoms with Crippen LogP contribution >= 0.6 is 0 Å². The zero-order valence-corrected chi connectivity index (χ0v) is 5.82. The first-order chi connectivity index (χ1) is 0. The van der Waals surface area contributed by atoms with E-state index in [4.69, 9.17) is 0 Å². The summed E-state index contributed by atoms with van der Waals surface area (Å²) in [5.74, 6) is 0. The maximum absolute atomic E-state index is 0. The summed E-state index contributed by atoms with van der Waals surface area (Å²) in [6, 6.07) is 0. The van der Waals surface area contributed by atoms with Crippen LogP contribution < -0.4 is 37.2 Å².